The molecule has 2 N–H and O–H groups in total. The Morgan fingerprint density at radius 1 is 1.54 bits per heavy atom. The van der Waals surface area contributed by atoms with Gasteiger partial charge in [-0.2, -0.15) is 0 Å². The first-order valence-corrected chi connectivity index (χ1v) is 3.64. The van der Waals surface area contributed by atoms with Crippen LogP contribution in [0.15, 0.2) is 24.3 Å². The number of ether oxygens (including phenoxy) is 1. The van der Waals surface area contributed by atoms with E-state index in [1.807, 2.05) is 0 Å². The summed E-state index contributed by atoms with van der Waals surface area (Å²) in [6.07, 6.45) is -0.641. The van der Waals surface area contributed by atoms with Crippen molar-refractivity contribution in [3.8, 4) is 0 Å². The number of carbonyl (C=O) groups excluding carboxylic acids is 1. The zero-order chi connectivity index (χ0) is 9.68. The van der Waals surface area contributed by atoms with Crippen molar-refractivity contribution >= 4 is 11.9 Å². The van der Waals surface area contributed by atoms with Crippen LogP contribution in [-0.4, -0.2) is 19.0 Å². The van der Waals surface area contributed by atoms with Crippen molar-refractivity contribution in [2.45, 2.75) is 0 Å². The second kappa shape index (κ2) is 4.25. The molecule has 13 heavy (non-hydrogen) atoms. The molecular formula is C9H9N2O2. The van der Waals surface area contributed by atoms with Gasteiger partial charge in [0, 0.05) is 5.56 Å². The SMILES string of the molecule is COC(=O)NC(=N)c1cc[c]cc1. The van der Waals surface area contributed by atoms with Crippen LogP contribution < -0.4 is 5.32 Å². The van der Waals surface area contributed by atoms with E-state index in [1.54, 1.807) is 24.3 Å². The molecule has 4 heteroatoms. The number of hydrogen-bond acceptors (Lipinski definition) is 3. The fourth-order valence-corrected chi connectivity index (χ4v) is 0.779. The van der Waals surface area contributed by atoms with Crippen LogP contribution in [0.2, 0.25) is 0 Å². The zero-order valence-electron chi connectivity index (χ0n) is 7.13. The summed E-state index contributed by atoms with van der Waals surface area (Å²) >= 11 is 0. The van der Waals surface area contributed by atoms with Gasteiger partial charge in [0.1, 0.15) is 5.84 Å². The number of methoxy groups -OCH3 is 1. The Kier molecular flexibility index (Phi) is 3.03. The van der Waals surface area contributed by atoms with Gasteiger partial charge >= 0.3 is 6.09 Å². The van der Waals surface area contributed by atoms with E-state index in [9.17, 15) is 4.79 Å². The Labute approximate surface area is 76.0 Å². The highest BCUT2D eigenvalue weighted by Crippen LogP contribution is 1.96. The smallest absolute Gasteiger partial charge is 0.412 e. The summed E-state index contributed by atoms with van der Waals surface area (Å²) < 4.78 is 4.34. The van der Waals surface area contributed by atoms with Crippen LogP contribution in [0, 0.1) is 11.5 Å². The molecule has 1 aromatic rings. The first-order chi connectivity index (χ1) is 6.24. The number of carbonyl (C=O) groups is 1. The lowest BCUT2D eigenvalue weighted by Gasteiger charge is -2.04. The predicted octanol–water partition coefficient (Wildman–Crippen LogP) is 1.17. The Morgan fingerprint density at radius 3 is 2.69 bits per heavy atom. The maximum absolute atomic E-state index is 10.7. The highest BCUT2D eigenvalue weighted by molar-refractivity contribution is 6.04. The van der Waals surface area contributed by atoms with E-state index >= 15 is 0 Å². The van der Waals surface area contributed by atoms with Gasteiger partial charge in [-0.25, -0.2) is 4.79 Å². The summed E-state index contributed by atoms with van der Waals surface area (Å²) in [6, 6.07) is 9.51. The lowest BCUT2D eigenvalue weighted by molar-refractivity contribution is 0.177. The van der Waals surface area contributed by atoms with Crippen LogP contribution in [0.1, 0.15) is 5.56 Å². The van der Waals surface area contributed by atoms with Gasteiger partial charge in [0.25, 0.3) is 0 Å². The maximum atomic E-state index is 10.7. The fraction of sp³-hybridized carbons (Fsp3) is 0.111. The van der Waals surface area contributed by atoms with Gasteiger partial charge in [0.15, 0.2) is 0 Å². The average molecular weight is 177 g/mol. The summed E-state index contributed by atoms with van der Waals surface area (Å²) in [7, 11) is 1.25. The molecule has 1 radical (unpaired) electrons. The Balaban J connectivity index is 2.65. The summed E-state index contributed by atoms with van der Waals surface area (Å²) in [5.41, 5.74) is 0.615. The molecule has 0 saturated heterocycles. The molecule has 0 fully saturated rings. The van der Waals surface area contributed by atoms with E-state index in [1.165, 1.54) is 7.11 Å². The van der Waals surface area contributed by atoms with Crippen LogP contribution >= 0.6 is 0 Å². The van der Waals surface area contributed by atoms with Crippen LogP contribution in [0.25, 0.3) is 0 Å². The molecule has 0 aliphatic carbocycles. The molecule has 0 spiro atoms. The fourth-order valence-electron chi connectivity index (χ4n) is 0.779. The second-order valence-electron chi connectivity index (χ2n) is 2.28. The Bertz CT molecular complexity index is 309. The van der Waals surface area contributed by atoms with Gasteiger partial charge in [-0.3, -0.25) is 10.7 Å². The van der Waals surface area contributed by atoms with E-state index in [2.05, 4.69) is 16.1 Å². The first kappa shape index (κ1) is 9.25. The molecular weight excluding hydrogens is 168 g/mol. The van der Waals surface area contributed by atoms with Crippen molar-refractivity contribution in [2.75, 3.05) is 7.11 Å². The number of nitrogens with one attached hydrogen (secondary N) is 2. The zero-order valence-corrected chi connectivity index (χ0v) is 7.13. The van der Waals surface area contributed by atoms with Crippen LogP contribution in [0.4, 0.5) is 4.79 Å². The number of benzene rings is 1. The molecule has 0 aliphatic rings. The molecule has 0 unspecified atom stereocenters. The van der Waals surface area contributed by atoms with E-state index < -0.39 is 6.09 Å². The predicted molar refractivity (Wildman–Crippen MR) is 47.6 cm³/mol. The third-order valence-corrected chi connectivity index (χ3v) is 1.42. The van der Waals surface area contributed by atoms with Crippen LogP contribution in [-0.2, 0) is 4.74 Å². The number of hydrogen-bond donors (Lipinski definition) is 2. The van der Waals surface area contributed by atoms with Crippen molar-refractivity contribution in [1.82, 2.24) is 5.32 Å². The van der Waals surface area contributed by atoms with Gasteiger partial charge < -0.3 is 4.74 Å². The lowest BCUT2D eigenvalue weighted by atomic mass is 10.2. The minimum atomic E-state index is -0.641. The van der Waals surface area contributed by atoms with Crippen molar-refractivity contribution in [1.29, 1.82) is 5.41 Å². The molecule has 0 saturated carbocycles. The van der Waals surface area contributed by atoms with Crippen LogP contribution in [0.5, 0.6) is 0 Å². The maximum Gasteiger partial charge on any atom is 0.412 e. The van der Waals surface area contributed by atoms with E-state index in [0.29, 0.717) is 5.56 Å². The minimum absolute atomic E-state index is 0.0147. The molecule has 1 aromatic carbocycles. The third-order valence-electron chi connectivity index (χ3n) is 1.42. The largest absolute Gasteiger partial charge is 0.453 e. The molecule has 67 valence electrons. The highest BCUT2D eigenvalue weighted by Gasteiger charge is 2.04. The van der Waals surface area contributed by atoms with Crippen molar-refractivity contribution in [3.63, 3.8) is 0 Å². The summed E-state index contributed by atoms with van der Waals surface area (Å²) in [4.78, 5) is 10.7. The molecule has 0 heterocycles. The molecule has 1 rings (SSSR count). The third kappa shape index (κ3) is 2.59. The Morgan fingerprint density at radius 2 is 2.15 bits per heavy atom. The highest BCUT2D eigenvalue weighted by atomic mass is 16.5. The number of alkyl carbamates (subject to hydrolysis) is 1. The molecule has 0 atom stereocenters. The summed E-state index contributed by atoms with van der Waals surface area (Å²) in [5.74, 6) is 0.0147. The van der Waals surface area contributed by atoms with Gasteiger partial charge in [-0.15, -0.1) is 0 Å². The topological polar surface area (TPSA) is 62.2 Å². The Hall–Kier alpha value is -1.84. The van der Waals surface area contributed by atoms with Crippen molar-refractivity contribution in [2.24, 2.45) is 0 Å². The quantitative estimate of drug-likeness (QED) is 0.499. The van der Waals surface area contributed by atoms with Gasteiger partial charge in [0.05, 0.1) is 7.11 Å². The molecule has 0 bridgehead atoms. The van der Waals surface area contributed by atoms with Gasteiger partial charge in [-0.1, -0.05) is 24.3 Å². The van der Waals surface area contributed by atoms with E-state index in [4.69, 9.17) is 5.41 Å². The monoisotopic (exact) mass is 177 g/mol. The van der Waals surface area contributed by atoms with E-state index in [-0.39, 0.29) is 5.84 Å². The second-order valence-corrected chi connectivity index (χ2v) is 2.28. The number of amides is 1. The standard InChI is InChI=1S/C9H9N2O2/c1-13-9(12)11-8(10)7-5-3-2-4-6-7/h3-6H,1H3,(H2,10,11,12). The van der Waals surface area contributed by atoms with E-state index in [0.717, 1.165) is 0 Å². The first-order valence-electron chi connectivity index (χ1n) is 3.64. The van der Waals surface area contributed by atoms with Crippen LogP contribution in [0.3, 0.4) is 0 Å². The lowest BCUT2D eigenvalue weighted by Crippen LogP contribution is -2.30. The van der Waals surface area contributed by atoms with Crippen molar-refractivity contribution in [3.05, 3.63) is 35.9 Å². The minimum Gasteiger partial charge on any atom is -0.453 e. The van der Waals surface area contributed by atoms with Crippen molar-refractivity contribution < 1.29 is 9.53 Å². The van der Waals surface area contributed by atoms with Gasteiger partial charge in [0.2, 0.25) is 0 Å². The number of rotatable bonds is 1. The molecule has 0 aromatic heterocycles. The molecule has 1 amide bonds. The normalized spacial score (nSPS) is 9.00. The molecule has 0 aliphatic heterocycles. The summed E-state index contributed by atoms with van der Waals surface area (Å²) in [6.45, 7) is 0. The average Bonchev–Trinajstić information content (AvgIpc) is 2.19. The number of amidine groups is 1. The van der Waals surface area contributed by atoms with Gasteiger partial charge in [-0.05, 0) is 6.07 Å². The molecule has 4 nitrogen and oxygen atoms in total. The summed E-state index contributed by atoms with van der Waals surface area (Å²) in [5, 5.41) is 9.69.